The van der Waals surface area contributed by atoms with Gasteiger partial charge in [0, 0.05) is 65.9 Å². The molecule has 0 radical (unpaired) electrons. The van der Waals surface area contributed by atoms with Crippen molar-refractivity contribution < 1.29 is 19.8 Å². The Morgan fingerprint density at radius 3 is 1.82 bits per heavy atom. The Morgan fingerprint density at radius 1 is 0.650 bits per heavy atom. The third kappa shape index (κ3) is 8.21. The molecule has 6 heteroatoms. The third-order valence-corrected chi connectivity index (χ3v) is 10.4. The summed E-state index contributed by atoms with van der Waals surface area (Å²) in [6, 6.07) is 40.0. The number of halogens is 1. The van der Waals surface area contributed by atoms with Crippen LogP contribution >= 0.6 is 0 Å². The lowest BCUT2D eigenvalue weighted by Crippen LogP contribution is -2.23. The molecule has 0 fully saturated rings. The van der Waals surface area contributed by atoms with Crippen LogP contribution in [0.1, 0.15) is 63.8 Å². The molecular weight excluding hydrogens is 740 g/mol. The van der Waals surface area contributed by atoms with Crippen molar-refractivity contribution in [2.45, 2.75) is 51.2 Å². The number of hydrogen-bond donors (Lipinski definition) is 0. The normalized spacial score (nSPS) is 14.2. The number of benzene rings is 5. The fraction of sp³-hybridized carbons (Fsp3) is 0.148. The van der Waals surface area contributed by atoms with E-state index >= 15 is 4.39 Å². The summed E-state index contributed by atoms with van der Waals surface area (Å²) in [6.07, 6.45) is -2.54. The van der Waals surface area contributed by atoms with Crippen molar-refractivity contribution in [2.75, 3.05) is 0 Å². The minimum atomic E-state index is -2.44. The Hall–Kier alpha value is -7.23. The van der Waals surface area contributed by atoms with E-state index in [0.717, 1.165) is 22.5 Å². The van der Waals surface area contributed by atoms with E-state index in [0.29, 0.717) is 27.5 Å². The summed E-state index contributed by atoms with van der Waals surface area (Å²) >= 11 is 0. The Morgan fingerprint density at radius 2 is 1.25 bits per heavy atom. The molecule has 4 heterocycles. The van der Waals surface area contributed by atoms with Crippen molar-refractivity contribution in [3.8, 4) is 39.8 Å². The third-order valence-electron chi connectivity index (χ3n) is 10.4. The maximum atomic E-state index is 16.7. The van der Waals surface area contributed by atoms with Crippen molar-refractivity contribution in [3.63, 3.8) is 0 Å². The summed E-state index contributed by atoms with van der Waals surface area (Å²) in [4.78, 5) is 13.8. The number of rotatable bonds is 12. The molecule has 0 bridgehead atoms. The first-order valence-electron chi connectivity index (χ1n) is 23.6. The minimum absolute atomic E-state index is 0.0429. The lowest BCUT2D eigenvalue weighted by Gasteiger charge is -2.26. The molecule has 60 heavy (non-hydrogen) atoms. The summed E-state index contributed by atoms with van der Waals surface area (Å²) in [5.41, 5.74) is 3.49. The van der Waals surface area contributed by atoms with Gasteiger partial charge in [0.15, 0.2) is 0 Å². The number of para-hydroxylation sites is 1. The highest BCUT2D eigenvalue weighted by atomic mass is 19.1. The van der Waals surface area contributed by atoms with Crippen molar-refractivity contribution in [1.82, 2.24) is 15.0 Å². The summed E-state index contributed by atoms with van der Waals surface area (Å²) < 4.78 is 96.8. The van der Waals surface area contributed by atoms with Gasteiger partial charge in [0.05, 0.1) is 31.5 Å². The first-order valence-corrected chi connectivity index (χ1v) is 19.6. The highest BCUT2D eigenvalue weighted by Crippen LogP contribution is 2.37. The topological polar surface area (TPSA) is 75.6 Å². The molecule has 292 valence electrons. The van der Waals surface area contributed by atoms with Crippen LogP contribution in [-0.2, 0) is 37.4 Å². The van der Waals surface area contributed by atoms with E-state index < -0.39 is 30.4 Å². The summed E-state index contributed by atoms with van der Waals surface area (Å²) in [6.45, 7) is 3.06. The quantitative estimate of drug-likeness (QED) is 0.123. The average Bonchev–Trinajstić information content (AvgIpc) is 3.71. The fourth-order valence-electron chi connectivity index (χ4n) is 7.33. The molecule has 0 aliphatic rings. The van der Waals surface area contributed by atoms with Gasteiger partial charge in [-0.05, 0) is 102 Å². The number of hydrogen-bond acceptors (Lipinski definition) is 5. The molecule has 0 aliphatic carbocycles. The van der Waals surface area contributed by atoms with Crippen LogP contribution < -0.4 is 0 Å². The molecule has 0 amide bonds. The lowest BCUT2D eigenvalue weighted by atomic mass is 9.78. The van der Waals surface area contributed by atoms with Crippen molar-refractivity contribution in [3.05, 3.63) is 209 Å². The van der Waals surface area contributed by atoms with Crippen LogP contribution in [0.4, 0.5) is 4.39 Å². The number of aryl methyl sites for hydroxylation is 4. The zero-order valence-corrected chi connectivity index (χ0v) is 32.9. The SMILES string of the molecule is [2H]c1cc2c(oc3c(-c4cc(F)c(C(C)(C)C([2H])([2H])c5cc(C([2H])([2H])Cc6ccc(-c7ccccc7)nc6)cc(C([2H])([2H])Cc6ccc(-c7ccccc7)nc6)c5)cn4)cccc32)c([2H])c1C#N. The molecule has 0 aliphatic heterocycles. The molecule has 9 aromatic rings. The second-order valence-electron chi connectivity index (χ2n) is 15.1. The zero-order chi connectivity index (χ0) is 48.2. The van der Waals surface area contributed by atoms with E-state index in [1.165, 1.54) is 50.4 Å². The Bertz CT molecular complexity index is 3280. The Labute approximate surface area is 361 Å². The van der Waals surface area contributed by atoms with Crippen molar-refractivity contribution in [1.29, 1.82) is 5.26 Å². The largest absolute Gasteiger partial charge is 0.455 e. The van der Waals surface area contributed by atoms with E-state index in [2.05, 4.69) is 15.0 Å². The van der Waals surface area contributed by atoms with Gasteiger partial charge < -0.3 is 4.42 Å². The van der Waals surface area contributed by atoms with Gasteiger partial charge in [-0.1, -0.05) is 117 Å². The number of nitriles is 1. The van der Waals surface area contributed by atoms with Crippen LogP contribution in [-0.4, -0.2) is 15.0 Å². The Balaban J connectivity index is 1.09. The Kier molecular flexibility index (Phi) is 8.25. The van der Waals surface area contributed by atoms with Crippen LogP contribution in [0, 0.1) is 17.1 Å². The summed E-state index contributed by atoms with van der Waals surface area (Å²) in [5, 5.41) is 10.6. The van der Waals surface area contributed by atoms with E-state index in [4.69, 9.17) is 7.16 Å². The molecule has 9 rings (SSSR count). The van der Waals surface area contributed by atoms with Gasteiger partial charge in [-0.3, -0.25) is 15.0 Å². The van der Waals surface area contributed by atoms with Gasteiger partial charge in [-0.15, -0.1) is 0 Å². The molecular formula is C54H43FN4O. The summed E-state index contributed by atoms with van der Waals surface area (Å²) in [5.74, 6) is -0.779. The summed E-state index contributed by atoms with van der Waals surface area (Å²) in [7, 11) is 0. The molecule has 4 aromatic heterocycles. The highest BCUT2D eigenvalue weighted by Gasteiger charge is 2.27. The monoisotopic (exact) mass is 790 g/mol. The molecule has 0 saturated heterocycles. The first kappa shape index (κ1) is 29.9. The molecule has 5 nitrogen and oxygen atoms in total. The van der Waals surface area contributed by atoms with Gasteiger partial charge in [0.25, 0.3) is 0 Å². The minimum Gasteiger partial charge on any atom is -0.455 e. The van der Waals surface area contributed by atoms with Crippen LogP contribution in [0.15, 0.2) is 169 Å². The first-order chi connectivity index (χ1) is 32.4. The molecule has 5 aromatic carbocycles. The number of nitrogens with zero attached hydrogens (tertiary/aromatic N) is 4. The second-order valence-corrected chi connectivity index (χ2v) is 15.1. The van der Waals surface area contributed by atoms with Crippen LogP contribution in [0.3, 0.4) is 0 Å². The predicted molar refractivity (Wildman–Crippen MR) is 239 cm³/mol. The standard InChI is InChI=1S/C54H43FN4O/c1-54(2,47-35-59-51(30-48(47)55)46-15-9-14-45-44-23-20-40(32-56)29-52(44)60-53(45)46)31-41-27-38(18-16-36-21-24-49(57-33-36)42-10-5-3-6-11-42)26-39(28-41)19-17-37-22-25-50(58-34-37)43-12-7-4-8-13-43/h3-15,20-30,33-35H,16-19,31H2,1-2H3/i18D2,19D2,20D,29D,31D2. The second kappa shape index (κ2) is 16.6. The smallest absolute Gasteiger partial charge is 0.144 e. The van der Waals surface area contributed by atoms with E-state index in [1.54, 1.807) is 42.7 Å². The number of furan rings is 1. The zero-order valence-electron chi connectivity index (χ0n) is 40.9. The molecule has 0 unspecified atom stereocenters. The molecule has 0 saturated carbocycles. The fourth-order valence-corrected chi connectivity index (χ4v) is 7.33. The number of fused-ring (bicyclic) bond motifs is 3. The van der Waals surface area contributed by atoms with E-state index in [-0.39, 0.29) is 69.6 Å². The van der Waals surface area contributed by atoms with Crippen LogP contribution in [0.2, 0.25) is 0 Å². The van der Waals surface area contributed by atoms with Crippen molar-refractivity contribution in [2.24, 2.45) is 0 Å². The molecule has 0 atom stereocenters. The van der Waals surface area contributed by atoms with Crippen LogP contribution in [0.5, 0.6) is 0 Å². The number of pyridine rings is 3. The number of aromatic nitrogens is 3. The van der Waals surface area contributed by atoms with E-state index in [1.807, 2.05) is 78.9 Å². The van der Waals surface area contributed by atoms with E-state index in [9.17, 15) is 13.5 Å². The van der Waals surface area contributed by atoms with Gasteiger partial charge in [-0.2, -0.15) is 5.26 Å². The van der Waals surface area contributed by atoms with Crippen LogP contribution in [0.25, 0.3) is 55.7 Å². The predicted octanol–water partition coefficient (Wildman–Crippen LogP) is 12.9. The van der Waals surface area contributed by atoms with Gasteiger partial charge in [0.1, 0.15) is 17.0 Å². The van der Waals surface area contributed by atoms with Gasteiger partial charge >= 0.3 is 0 Å². The van der Waals surface area contributed by atoms with Crippen molar-refractivity contribution >= 4 is 21.9 Å². The van der Waals surface area contributed by atoms with Gasteiger partial charge in [-0.25, -0.2) is 4.39 Å². The lowest BCUT2D eigenvalue weighted by molar-refractivity contribution is 0.478. The average molecular weight is 791 g/mol. The highest BCUT2D eigenvalue weighted by molar-refractivity contribution is 6.09. The maximum absolute atomic E-state index is 16.7. The molecule has 0 N–H and O–H groups in total. The van der Waals surface area contributed by atoms with Gasteiger partial charge in [0.2, 0.25) is 0 Å². The maximum Gasteiger partial charge on any atom is 0.144 e. The molecule has 0 spiro atoms.